The fraction of sp³-hybridized carbons (Fsp3) is 0.588. The SMILES string of the molecule is Cc1ccc(C(=O)CCN(C)CC2CCCN2C)cc1F. The van der Waals surface area contributed by atoms with Gasteiger partial charge in [0.1, 0.15) is 5.82 Å². The molecule has 4 heteroatoms. The molecule has 0 aliphatic carbocycles. The minimum atomic E-state index is -0.304. The van der Waals surface area contributed by atoms with Gasteiger partial charge in [0.25, 0.3) is 0 Å². The van der Waals surface area contributed by atoms with Crippen molar-refractivity contribution in [2.75, 3.05) is 33.7 Å². The van der Waals surface area contributed by atoms with Gasteiger partial charge in [0, 0.05) is 31.1 Å². The molecule has 21 heavy (non-hydrogen) atoms. The molecule has 1 aromatic carbocycles. The number of nitrogens with zero attached hydrogens (tertiary/aromatic N) is 2. The predicted molar refractivity (Wildman–Crippen MR) is 83.2 cm³/mol. The van der Waals surface area contributed by atoms with Gasteiger partial charge in [-0.25, -0.2) is 4.39 Å². The Hall–Kier alpha value is -1.26. The number of halogens is 1. The third kappa shape index (κ3) is 4.35. The Morgan fingerprint density at radius 1 is 1.48 bits per heavy atom. The zero-order chi connectivity index (χ0) is 15.4. The molecule has 1 fully saturated rings. The Morgan fingerprint density at radius 3 is 2.86 bits per heavy atom. The van der Waals surface area contributed by atoms with Crippen LogP contribution < -0.4 is 0 Å². The van der Waals surface area contributed by atoms with Gasteiger partial charge in [0.2, 0.25) is 0 Å². The lowest BCUT2D eigenvalue weighted by Crippen LogP contribution is -2.37. The highest BCUT2D eigenvalue weighted by Crippen LogP contribution is 2.16. The van der Waals surface area contributed by atoms with Gasteiger partial charge in [-0.1, -0.05) is 12.1 Å². The average Bonchev–Trinajstić information content (AvgIpc) is 2.84. The monoisotopic (exact) mass is 292 g/mol. The number of hydrogen-bond donors (Lipinski definition) is 0. The Kier molecular flexibility index (Phi) is 5.48. The summed E-state index contributed by atoms with van der Waals surface area (Å²) in [6.45, 7) is 4.58. The highest BCUT2D eigenvalue weighted by atomic mass is 19.1. The quantitative estimate of drug-likeness (QED) is 0.753. The summed E-state index contributed by atoms with van der Waals surface area (Å²) in [5.74, 6) is -0.290. The van der Waals surface area contributed by atoms with E-state index in [1.165, 1.54) is 25.5 Å². The summed E-state index contributed by atoms with van der Waals surface area (Å²) in [5, 5.41) is 0. The maximum absolute atomic E-state index is 13.5. The number of aryl methyl sites for hydroxylation is 1. The Morgan fingerprint density at radius 2 is 2.24 bits per heavy atom. The van der Waals surface area contributed by atoms with Crippen molar-refractivity contribution in [1.29, 1.82) is 0 Å². The normalized spacial score (nSPS) is 19.4. The van der Waals surface area contributed by atoms with E-state index >= 15 is 0 Å². The average molecular weight is 292 g/mol. The molecule has 0 aromatic heterocycles. The number of rotatable bonds is 6. The Labute approximate surface area is 126 Å². The molecule has 0 spiro atoms. The number of carbonyl (C=O) groups is 1. The highest BCUT2D eigenvalue weighted by molar-refractivity contribution is 5.96. The highest BCUT2D eigenvalue weighted by Gasteiger charge is 2.22. The van der Waals surface area contributed by atoms with Crippen LogP contribution in [0.25, 0.3) is 0 Å². The van der Waals surface area contributed by atoms with E-state index in [2.05, 4.69) is 23.9 Å². The molecule has 1 heterocycles. The first kappa shape index (κ1) is 16.1. The minimum absolute atomic E-state index is 0.0144. The van der Waals surface area contributed by atoms with Crippen LogP contribution in [0.3, 0.4) is 0 Å². The lowest BCUT2D eigenvalue weighted by atomic mass is 10.1. The van der Waals surface area contributed by atoms with E-state index in [-0.39, 0.29) is 11.6 Å². The van der Waals surface area contributed by atoms with Crippen LogP contribution in [0, 0.1) is 12.7 Å². The van der Waals surface area contributed by atoms with Crippen molar-refractivity contribution >= 4 is 5.78 Å². The van der Waals surface area contributed by atoms with Crippen molar-refractivity contribution in [2.45, 2.75) is 32.2 Å². The van der Waals surface area contributed by atoms with Gasteiger partial charge in [-0.2, -0.15) is 0 Å². The van der Waals surface area contributed by atoms with Crippen LogP contribution in [0.5, 0.6) is 0 Å². The van der Waals surface area contributed by atoms with Gasteiger partial charge in [-0.3, -0.25) is 4.79 Å². The number of carbonyl (C=O) groups excluding carboxylic acids is 1. The Bertz CT molecular complexity index is 504. The summed E-state index contributed by atoms with van der Waals surface area (Å²) < 4.78 is 13.5. The molecule has 0 bridgehead atoms. The van der Waals surface area contributed by atoms with Crippen molar-refractivity contribution in [3.05, 3.63) is 35.1 Å². The van der Waals surface area contributed by atoms with Crippen molar-refractivity contribution in [3.8, 4) is 0 Å². The number of likely N-dealkylation sites (tertiary alicyclic amines) is 1. The van der Waals surface area contributed by atoms with Gasteiger partial charge in [-0.15, -0.1) is 0 Å². The van der Waals surface area contributed by atoms with E-state index in [4.69, 9.17) is 0 Å². The van der Waals surface area contributed by atoms with E-state index in [0.717, 1.165) is 13.1 Å². The lowest BCUT2D eigenvalue weighted by molar-refractivity contribution is 0.0963. The number of benzene rings is 1. The van der Waals surface area contributed by atoms with E-state index < -0.39 is 0 Å². The van der Waals surface area contributed by atoms with Gasteiger partial charge in [-0.05, 0) is 52.0 Å². The lowest BCUT2D eigenvalue weighted by Gasteiger charge is -2.25. The van der Waals surface area contributed by atoms with Crippen LogP contribution in [0.1, 0.15) is 35.2 Å². The zero-order valence-electron chi connectivity index (χ0n) is 13.2. The molecule has 3 nitrogen and oxygen atoms in total. The van der Waals surface area contributed by atoms with Crippen LogP contribution >= 0.6 is 0 Å². The topological polar surface area (TPSA) is 23.6 Å². The molecule has 116 valence electrons. The van der Waals surface area contributed by atoms with Crippen molar-refractivity contribution in [1.82, 2.24) is 9.80 Å². The van der Waals surface area contributed by atoms with Gasteiger partial charge in [0.15, 0.2) is 5.78 Å². The fourth-order valence-electron chi connectivity index (χ4n) is 2.86. The molecule has 0 N–H and O–H groups in total. The second-order valence-corrected chi connectivity index (χ2v) is 6.18. The van der Waals surface area contributed by atoms with Gasteiger partial charge in [0.05, 0.1) is 0 Å². The summed E-state index contributed by atoms with van der Waals surface area (Å²) in [6, 6.07) is 5.33. The molecule has 1 aliphatic rings. The van der Waals surface area contributed by atoms with E-state index in [9.17, 15) is 9.18 Å². The fourth-order valence-corrected chi connectivity index (χ4v) is 2.86. The maximum atomic E-state index is 13.5. The standard InChI is InChI=1S/C17H25FN2O/c1-13-6-7-14(11-16(13)18)17(21)8-10-19(2)12-15-5-4-9-20(15)3/h6-7,11,15H,4-5,8-10,12H2,1-3H3. The summed E-state index contributed by atoms with van der Waals surface area (Å²) in [5.41, 5.74) is 1.05. The molecule has 1 saturated heterocycles. The molecule has 1 aliphatic heterocycles. The smallest absolute Gasteiger partial charge is 0.164 e. The second-order valence-electron chi connectivity index (χ2n) is 6.18. The first-order valence-corrected chi connectivity index (χ1v) is 7.65. The maximum Gasteiger partial charge on any atom is 0.164 e. The van der Waals surface area contributed by atoms with E-state index in [1.54, 1.807) is 19.1 Å². The molecule has 2 rings (SSSR count). The number of likely N-dealkylation sites (N-methyl/N-ethyl adjacent to an activating group) is 2. The predicted octanol–water partition coefficient (Wildman–Crippen LogP) is 2.73. The van der Waals surface area contributed by atoms with Crippen LogP contribution in [-0.4, -0.2) is 55.4 Å². The molecular formula is C17H25FN2O. The first-order chi connectivity index (χ1) is 9.97. The molecule has 0 radical (unpaired) electrons. The molecule has 0 amide bonds. The molecule has 1 atom stereocenters. The summed E-state index contributed by atoms with van der Waals surface area (Å²) in [6.07, 6.45) is 2.93. The number of Topliss-reactive ketones (excluding diaryl/α,β-unsaturated/α-hetero) is 1. The number of ketones is 1. The molecule has 1 aromatic rings. The molecular weight excluding hydrogens is 267 g/mol. The first-order valence-electron chi connectivity index (χ1n) is 7.65. The molecule has 1 unspecified atom stereocenters. The third-order valence-electron chi connectivity index (χ3n) is 4.41. The van der Waals surface area contributed by atoms with Crippen LogP contribution in [0.4, 0.5) is 4.39 Å². The zero-order valence-corrected chi connectivity index (χ0v) is 13.2. The van der Waals surface area contributed by atoms with E-state index in [0.29, 0.717) is 23.6 Å². The Balaban J connectivity index is 1.81. The summed E-state index contributed by atoms with van der Waals surface area (Å²) >= 11 is 0. The van der Waals surface area contributed by atoms with Crippen LogP contribution in [0.15, 0.2) is 18.2 Å². The largest absolute Gasteiger partial charge is 0.304 e. The second kappa shape index (κ2) is 7.14. The van der Waals surface area contributed by atoms with Crippen molar-refractivity contribution in [2.24, 2.45) is 0 Å². The van der Waals surface area contributed by atoms with Crippen molar-refractivity contribution < 1.29 is 9.18 Å². The van der Waals surface area contributed by atoms with Gasteiger partial charge < -0.3 is 9.80 Å². The third-order valence-corrected chi connectivity index (χ3v) is 4.41. The van der Waals surface area contributed by atoms with Crippen molar-refractivity contribution in [3.63, 3.8) is 0 Å². The number of hydrogen-bond acceptors (Lipinski definition) is 3. The van der Waals surface area contributed by atoms with Gasteiger partial charge >= 0.3 is 0 Å². The summed E-state index contributed by atoms with van der Waals surface area (Å²) in [4.78, 5) is 16.7. The molecule has 0 saturated carbocycles. The summed E-state index contributed by atoms with van der Waals surface area (Å²) in [7, 11) is 4.21. The van der Waals surface area contributed by atoms with Crippen LogP contribution in [0.2, 0.25) is 0 Å². The van der Waals surface area contributed by atoms with Crippen LogP contribution in [-0.2, 0) is 0 Å². The van der Waals surface area contributed by atoms with E-state index in [1.807, 2.05) is 0 Å². The minimum Gasteiger partial charge on any atom is -0.304 e.